The zero-order chi connectivity index (χ0) is 24.9. The lowest BCUT2D eigenvalue weighted by atomic mass is 9.97. The Balaban J connectivity index is 1.40. The molecular formula is C26H34F2N6O. The Bertz CT molecular complexity index is 1160. The van der Waals surface area contributed by atoms with E-state index in [1.54, 1.807) is 6.07 Å². The van der Waals surface area contributed by atoms with Crippen LogP contribution in [0.5, 0.6) is 0 Å². The van der Waals surface area contributed by atoms with Crippen LogP contribution in [-0.2, 0) is 17.8 Å². The third kappa shape index (κ3) is 6.35. The lowest BCUT2D eigenvalue weighted by molar-refractivity contribution is -0.124. The Morgan fingerprint density at radius 1 is 1.14 bits per heavy atom. The highest BCUT2D eigenvalue weighted by atomic mass is 19.2. The van der Waals surface area contributed by atoms with E-state index in [2.05, 4.69) is 39.6 Å². The Morgan fingerprint density at radius 2 is 1.89 bits per heavy atom. The molecule has 1 aromatic heterocycles. The van der Waals surface area contributed by atoms with Gasteiger partial charge in [0.2, 0.25) is 5.91 Å². The molecule has 188 valence electrons. The van der Waals surface area contributed by atoms with E-state index in [4.69, 9.17) is 5.73 Å². The molecule has 7 nitrogen and oxygen atoms in total. The van der Waals surface area contributed by atoms with Crippen LogP contribution < -0.4 is 16.4 Å². The van der Waals surface area contributed by atoms with Gasteiger partial charge in [-0.05, 0) is 68.5 Å². The summed E-state index contributed by atoms with van der Waals surface area (Å²) in [6, 6.07) is 10.2. The molecule has 3 atom stereocenters. The predicted octanol–water partition coefficient (Wildman–Crippen LogP) is 3.50. The summed E-state index contributed by atoms with van der Waals surface area (Å²) < 4.78 is 27.2. The van der Waals surface area contributed by atoms with Gasteiger partial charge in [-0.2, -0.15) is 5.10 Å². The number of hydrogen-bond donors (Lipinski definition) is 4. The topological polar surface area (TPSA) is 99.1 Å². The van der Waals surface area contributed by atoms with Gasteiger partial charge in [0, 0.05) is 36.6 Å². The average Bonchev–Trinajstić information content (AvgIpc) is 3.19. The van der Waals surface area contributed by atoms with E-state index in [1.165, 1.54) is 12.5 Å². The SMILES string of the molecule is C[C@@H]1CCC[C@H](C)N1CC(=O)N[C@H](CNCc1ccc2c(N)n[nH]c2c1)Cc1ccc(F)c(F)c1. The molecule has 0 radical (unpaired) electrons. The largest absolute Gasteiger partial charge is 0.382 e. The fourth-order valence-electron chi connectivity index (χ4n) is 4.94. The number of piperidine rings is 1. The highest BCUT2D eigenvalue weighted by Crippen LogP contribution is 2.22. The fraction of sp³-hybridized carbons (Fsp3) is 0.462. The molecule has 3 aromatic rings. The van der Waals surface area contributed by atoms with Crippen molar-refractivity contribution in [2.45, 2.75) is 64.2 Å². The molecule has 1 saturated heterocycles. The molecule has 0 aliphatic carbocycles. The normalized spacial score (nSPS) is 19.7. The Kier molecular flexibility index (Phi) is 7.97. The molecule has 0 unspecified atom stereocenters. The van der Waals surface area contributed by atoms with Gasteiger partial charge in [0.05, 0.1) is 12.1 Å². The van der Waals surface area contributed by atoms with Crippen LogP contribution in [0.4, 0.5) is 14.6 Å². The molecule has 9 heteroatoms. The summed E-state index contributed by atoms with van der Waals surface area (Å²) in [5, 5.41) is 14.3. The number of amides is 1. The Hall–Kier alpha value is -3.04. The first kappa shape index (κ1) is 25.1. The number of halogens is 2. The third-order valence-electron chi connectivity index (χ3n) is 6.91. The summed E-state index contributed by atoms with van der Waals surface area (Å²) >= 11 is 0. The maximum Gasteiger partial charge on any atom is 0.234 e. The lowest BCUT2D eigenvalue weighted by Gasteiger charge is -2.38. The quantitative estimate of drug-likeness (QED) is 0.373. The van der Waals surface area contributed by atoms with Crippen LogP contribution in [0.1, 0.15) is 44.2 Å². The van der Waals surface area contributed by atoms with Crippen LogP contribution in [0, 0.1) is 11.6 Å². The van der Waals surface area contributed by atoms with Gasteiger partial charge in [-0.1, -0.05) is 18.6 Å². The number of nitrogens with zero attached hydrogens (tertiary/aromatic N) is 2. The van der Waals surface area contributed by atoms with Crippen LogP contribution in [0.2, 0.25) is 0 Å². The van der Waals surface area contributed by atoms with Gasteiger partial charge >= 0.3 is 0 Å². The number of hydrogen-bond acceptors (Lipinski definition) is 5. The number of anilines is 1. The van der Waals surface area contributed by atoms with Crippen molar-refractivity contribution in [3.63, 3.8) is 0 Å². The van der Waals surface area contributed by atoms with Crippen LogP contribution in [0.3, 0.4) is 0 Å². The van der Waals surface area contributed by atoms with Gasteiger partial charge in [-0.15, -0.1) is 0 Å². The summed E-state index contributed by atoms with van der Waals surface area (Å²) in [5.74, 6) is -1.36. The molecule has 2 heterocycles. The summed E-state index contributed by atoms with van der Waals surface area (Å²) in [4.78, 5) is 15.2. The number of nitrogens with one attached hydrogen (secondary N) is 3. The highest BCUT2D eigenvalue weighted by molar-refractivity contribution is 5.88. The molecule has 5 N–H and O–H groups in total. The van der Waals surface area contributed by atoms with Crippen LogP contribution in [0.25, 0.3) is 10.9 Å². The molecule has 1 aliphatic rings. The zero-order valence-corrected chi connectivity index (χ0v) is 20.3. The fourth-order valence-corrected chi connectivity index (χ4v) is 4.94. The second-order valence-electron chi connectivity index (χ2n) is 9.64. The van der Waals surface area contributed by atoms with Crippen molar-refractivity contribution in [3.05, 3.63) is 59.2 Å². The van der Waals surface area contributed by atoms with Crippen LogP contribution in [0.15, 0.2) is 36.4 Å². The summed E-state index contributed by atoms with van der Waals surface area (Å²) in [7, 11) is 0. The van der Waals surface area contributed by atoms with E-state index in [9.17, 15) is 13.6 Å². The number of carbonyl (C=O) groups is 1. The molecule has 0 bridgehead atoms. The van der Waals surface area contributed by atoms with Gasteiger partial charge in [-0.3, -0.25) is 14.8 Å². The maximum absolute atomic E-state index is 13.8. The number of benzene rings is 2. The molecule has 35 heavy (non-hydrogen) atoms. The van der Waals surface area contributed by atoms with Gasteiger partial charge in [0.1, 0.15) is 0 Å². The number of aromatic amines is 1. The van der Waals surface area contributed by atoms with E-state index in [0.29, 0.717) is 49.5 Å². The predicted molar refractivity (Wildman–Crippen MR) is 134 cm³/mol. The molecule has 4 rings (SSSR count). The second-order valence-corrected chi connectivity index (χ2v) is 9.64. The lowest BCUT2D eigenvalue weighted by Crippen LogP contribution is -2.52. The monoisotopic (exact) mass is 484 g/mol. The van der Waals surface area contributed by atoms with Crippen molar-refractivity contribution in [3.8, 4) is 0 Å². The molecular weight excluding hydrogens is 450 g/mol. The van der Waals surface area contributed by atoms with Crippen molar-refractivity contribution < 1.29 is 13.6 Å². The average molecular weight is 485 g/mol. The van der Waals surface area contributed by atoms with E-state index in [0.717, 1.165) is 35.4 Å². The standard InChI is InChI=1S/C26H34F2N6O/c1-16-4-3-5-17(2)34(16)15-25(35)31-20(10-18-7-9-22(27)23(28)11-18)14-30-13-19-6-8-21-24(12-19)32-33-26(21)29/h6-9,11-12,16-17,20,30H,3-5,10,13-15H2,1-2H3,(H,31,35)(H3,29,32,33)/t16-,17+,20-/m0/s1. The molecule has 0 spiro atoms. The van der Waals surface area contributed by atoms with Gasteiger partial charge < -0.3 is 16.4 Å². The van der Waals surface area contributed by atoms with Gasteiger partial charge in [0.25, 0.3) is 0 Å². The first-order chi connectivity index (χ1) is 16.8. The van der Waals surface area contributed by atoms with Crippen molar-refractivity contribution in [1.29, 1.82) is 0 Å². The van der Waals surface area contributed by atoms with Crippen molar-refractivity contribution >= 4 is 22.6 Å². The van der Waals surface area contributed by atoms with Crippen molar-refractivity contribution in [1.82, 2.24) is 25.7 Å². The number of nitrogen functional groups attached to an aromatic ring is 1. The number of likely N-dealkylation sites (tertiary alicyclic amines) is 1. The van der Waals surface area contributed by atoms with E-state index < -0.39 is 11.6 Å². The van der Waals surface area contributed by atoms with Crippen molar-refractivity contribution in [2.75, 3.05) is 18.8 Å². The molecule has 1 fully saturated rings. The van der Waals surface area contributed by atoms with Crippen LogP contribution in [-0.4, -0.2) is 52.2 Å². The number of H-pyrrole nitrogens is 1. The minimum atomic E-state index is -0.886. The number of carbonyl (C=O) groups excluding carboxylic acids is 1. The second kappa shape index (κ2) is 11.1. The number of aromatic nitrogens is 2. The Morgan fingerprint density at radius 3 is 2.63 bits per heavy atom. The molecule has 1 aliphatic heterocycles. The third-order valence-corrected chi connectivity index (χ3v) is 6.91. The van der Waals surface area contributed by atoms with E-state index in [-0.39, 0.29) is 11.9 Å². The van der Waals surface area contributed by atoms with E-state index >= 15 is 0 Å². The van der Waals surface area contributed by atoms with Gasteiger partial charge in [0.15, 0.2) is 17.5 Å². The number of rotatable bonds is 9. The summed E-state index contributed by atoms with van der Waals surface area (Å²) in [5.41, 5.74) is 8.36. The summed E-state index contributed by atoms with van der Waals surface area (Å²) in [6.45, 7) is 5.69. The first-order valence-corrected chi connectivity index (χ1v) is 12.2. The zero-order valence-electron chi connectivity index (χ0n) is 20.3. The minimum absolute atomic E-state index is 0.0608. The van der Waals surface area contributed by atoms with Crippen molar-refractivity contribution in [2.24, 2.45) is 0 Å². The smallest absolute Gasteiger partial charge is 0.234 e. The molecule has 2 aromatic carbocycles. The maximum atomic E-state index is 13.8. The Labute approximate surface area is 204 Å². The highest BCUT2D eigenvalue weighted by Gasteiger charge is 2.27. The summed E-state index contributed by atoms with van der Waals surface area (Å²) in [6.07, 6.45) is 3.74. The number of fused-ring (bicyclic) bond motifs is 1. The minimum Gasteiger partial charge on any atom is -0.382 e. The molecule has 1 amide bonds. The van der Waals surface area contributed by atoms with Gasteiger partial charge in [-0.25, -0.2) is 8.78 Å². The van der Waals surface area contributed by atoms with E-state index in [1.807, 2.05) is 18.2 Å². The number of nitrogens with two attached hydrogens (primary N) is 1. The molecule has 0 saturated carbocycles. The van der Waals surface area contributed by atoms with Crippen LogP contribution >= 0.6 is 0 Å². The first-order valence-electron chi connectivity index (χ1n) is 12.2.